The number of hydrogen-bond acceptors (Lipinski definition) is 1. The molecule has 88 valence electrons. The van der Waals surface area contributed by atoms with E-state index in [1.165, 1.54) is 0 Å². The van der Waals surface area contributed by atoms with E-state index in [1.807, 2.05) is 54.6 Å². The van der Waals surface area contributed by atoms with Gasteiger partial charge < -0.3 is 5.11 Å². The Morgan fingerprint density at radius 1 is 0.882 bits per heavy atom. The number of carboxylic acid groups (broad SMARTS) is 1. The molecule has 0 spiro atoms. The molecule has 0 amide bonds. The van der Waals surface area contributed by atoms with Crippen molar-refractivity contribution in [3.05, 3.63) is 60.2 Å². The molecule has 0 aliphatic rings. The van der Waals surface area contributed by atoms with E-state index in [1.54, 1.807) is 0 Å². The van der Waals surface area contributed by atoms with Gasteiger partial charge in [0.2, 0.25) is 0 Å². The zero-order valence-electron chi connectivity index (χ0n) is 9.17. The van der Waals surface area contributed by atoms with Gasteiger partial charge in [0, 0.05) is 0 Å². The molecule has 0 unspecified atom stereocenters. The van der Waals surface area contributed by atoms with Crippen molar-refractivity contribution in [3.63, 3.8) is 0 Å². The molecule has 2 aromatic rings. The van der Waals surface area contributed by atoms with Crippen molar-refractivity contribution in [1.82, 2.24) is 0 Å². The second-order valence-electron chi connectivity index (χ2n) is 3.63. The fourth-order valence-electron chi connectivity index (χ4n) is 1.62. The Bertz CT molecular complexity index is 477. The van der Waals surface area contributed by atoms with Crippen LogP contribution in [0.4, 0.5) is 0 Å². The maximum absolute atomic E-state index is 10.5. The summed E-state index contributed by atoms with van der Waals surface area (Å²) in [6.07, 6.45) is 0.0784. The normalized spacial score (nSPS) is 9.41. The summed E-state index contributed by atoms with van der Waals surface area (Å²) in [7, 11) is 0. The van der Waals surface area contributed by atoms with E-state index in [2.05, 4.69) is 0 Å². The zero-order valence-corrected chi connectivity index (χ0v) is 9.98. The summed E-state index contributed by atoms with van der Waals surface area (Å²) < 4.78 is 0. The molecule has 3 heteroatoms. The number of carbonyl (C=O) groups is 1. The van der Waals surface area contributed by atoms with E-state index in [0.717, 1.165) is 16.7 Å². The standard InChI is InChI=1S/C14H12O2.ClH/c15-14(16)10-11-6-8-13(9-7-11)12-4-2-1-3-5-12;/h1-9H,10H2,(H,15,16);1H. The SMILES string of the molecule is Cl.O=C(O)Cc1ccc(-c2ccccc2)cc1. The van der Waals surface area contributed by atoms with Gasteiger partial charge in [-0.2, -0.15) is 0 Å². The maximum atomic E-state index is 10.5. The van der Waals surface area contributed by atoms with Crippen LogP contribution in [0.3, 0.4) is 0 Å². The predicted octanol–water partition coefficient (Wildman–Crippen LogP) is 3.40. The van der Waals surface area contributed by atoms with Crippen molar-refractivity contribution in [2.75, 3.05) is 0 Å². The van der Waals surface area contributed by atoms with Crippen molar-refractivity contribution in [1.29, 1.82) is 0 Å². The third-order valence-electron chi connectivity index (χ3n) is 2.42. The highest BCUT2D eigenvalue weighted by Crippen LogP contribution is 2.19. The second-order valence-corrected chi connectivity index (χ2v) is 3.63. The molecule has 0 saturated heterocycles. The summed E-state index contributed by atoms with van der Waals surface area (Å²) in [6, 6.07) is 17.6. The number of hydrogen-bond donors (Lipinski definition) is 1. The third-order valence-corrected chi connectivity index (χ3v) is 2.42. The second kappa shape index (κ2) is 6.06. The Hall–Kier alpha value is -1.80. The molecule has 0 aliphatic carbocycles. The molecule has 2 nitrogen and oxygen atoms in total. The Kier molecular flexibility index (Phi) is 4.73. The molecule has 0 bridgehead atoms. The van der Waals surface area contributed by atoms with Crippen LogP contribution < -0.4 is 0 Å². The molecular formula is C14H13ClO2. The van der Waals surface area contributed by atoms with Gasteiger partial charge in [0.1, 0.15) is 0 Å². The predicted molar refractivity (Wildman–Crippen MR) is 70.5 cm³/mol. The number of rotatable bonds is 3. The lowest BCUT2D eigenvalue weighted by atomic mass is 10.0. The zero-order chi connectivity index (χ0) is 11.4. The van der Waals surface area contributed by atoms with Crippen LogP contribution >= 0.6 is 12.4 Å². The molecule has 0 fully saturated rings. The van der Waals surface area contributed by atoms with Crippen LogP contribution in [0.5, 0.6) is 0 Å². The van der Waals surface area contributed by atoms with Crippen LogP contribution in [0.25, 0.3) is 11.1 Å². The molecule has 2 aromatic carbocycles. The molecule has 0 heterocycles. The molecule has 0 aromatic heterocycles. The van der Waals surface area contributed by atoms with Crippen molar-refractivity contribution < 1.29 is 9.90 Å². The number of carboxylic acids is 1. The van der Waals surface area contributed by atoms with Gasteiger partial charge in [-0.15, -0.1) is 12.4 Å². The molecule has 1 N–H and O–H groups in total. The first-order chi connectivity index (χ1) is 7.75. The summed E-state index contributed by atoms with van der Waals surface area (Å²) in [5, 5.41) is 8.65. The van der Waals surface area contributed by atoms with Crippen molar-refractivity contribution in [2.45, 2.75) is 6.42 Å². The van der Waals surface area contributed by atoms with E-state index >= 15 is 0 Å². The minimum atomic E-state index is -0.799. The van der Waals surface area contributed by atoms with Gasteiger partial charge in [-0.3, -0.25) is 4.79 Å². The molecule has 17 heavy (non-hydrogen) atoms. The Balaban J connectivity index is 0.00000144. The Morgan fingerprint density at radius 2 is 1.41 bits per heavy atom. The first-order valence-electron chi connectivity index (χ1n) is 5.12. The minimum Gasteiger partial charge on any atom is -0.481 e. The third kappa shape index (κ3) is 3.61. The quantitative estimate of drug-likeness (QED) is 0.904. The number of halogens is 1. The summed E-state index contributed by atoms with van der Waals surface area (Å²) >= 11 is 0. The molecule has 0 saturated carbocycles. The molecule has 0 atom stereocenters. The van der Waals surface area contributed by atoms with Gasteiger partial charge in [0.05, 0.1) is 6.42 Å². The van der Waals surface area contributed by atoms with Crippen LogP contribution in [0, 0.1) is 0 Å². The van der Waals surface area contributed by atoms with Gasteiger partial charge in [-0.25, -0.2) is 0 Å². The topological polar surface area (TPSA) is 37.3 Å². The summed E-state index contributed by atoms with van der Waals surface area (Å²) in [5.41, 5.74) is 3.08. The van der Waals surface area contributed by atoms with Crippen LogP contribution in [-0.4, -0.2) is 11.1 Å². The van der Waals surface area contributed by atoms with Crippen LogP contribution in [0.1, 0.15) is 5.56 Å². The average Bonchev–Trinajstić information content (AvgIpc) is 2.30. The largest absolute Gasteiger partial charge is 0.481 e. The van der Waals surface area contributed by atoms with Gasteiger partial charge in [-0.1, -0.05) is 54.6 Å². The lowest BCUT2D eigenvalue weighted by Gasteiger charge is -2.02. The molecular weight excluding hydrogens is 236 g/mol. The van der Waals surface area contributed by atoms with Gasteiger partial charge in [-0.05, 0) is 16.7 Å². The highest BCUT2D eigenvalue weighted by atomic mass is 35.5. The monoisotopic (exact) mass is 248 g/mol. The highest BCUT2D eigenvalue weighted by Gasteiger charge is 2.01. The fourth-order valence-corrected chi connectivity index (χ4v) is 1.62. The van der Waals surface area contributed by atoms with Crippen LogP contribution in [-0.2, 0) is 11.2 Å². The lowest BCUT2D eigenvalue weighted by Crippen LogP contribution is -1.99. The van der Waals surface area contributed by atoms with E-state index < -0.39 is 5.97 Å². The molecule has 0 radical (unpaired) electrons. The molecule has 2 rings (SSSR count). The van der Waals surface area contributed by atoms with Crippen molar-refractivity contribution in [3.8, 4) is 11.1 Å². The minimum absolute atomic E-state index is 0. The van der Waals surface area contributed by atoms with Gasteiger partial charge in [0.25, 0.3) is 0 Å². The fraction of sp³-hybridized carbons (Fsp3) is 0.0714. The number of benzene rings is 2. The first-order valence-corrected chi connectivity index (χ1v) is 5.12. The van der Waals surface area contributed by atoms with E-state index in [9.17, 15) is 4.79 Å². The average molecular weight is 249 g/mol. The van der Waals surface area contributed by atoms with Crippen molar-refractivity contribution >= 4 is 18.4 Å². The van der Waals surface area contributed by atoms with Gasteiger partial charge in [0.15, 0.2) is 0 Å². The smallest absolute Gasteiger partial charge is 0.307 e. The summed E-state index contributed by atoms with van der Waals surface area (Å²) in [4.78, 5) is 10.5. The summed E-state index contributed by atoms with van der Waals surface area (Å²) in [6.45, 7) is 0. The van der Waals surface area contributed by atoms with Crippen LogP contribution in [0.15, 0.2) is 54.6 Å². The number of aliphatic carboxylic acids is 1. The lowest BCUT2D eigenvalue weighted by molar-refractivity contribution is -0.136. The van der Waals surface area contributed by atoms with E-state index in [-0.39, 0.29) is 18.8 Å². The Morgan fingerprint density at radius 3 is 1.94 bits per heavy atom. The first kappa shape index (κ1) is 13.3. The Labute approximate surface area is 106 Å². The maximum Gasteiger partial charge on any atom is 0.307 e. The van der Waals surface area contributed by atoms with E-state index in [0.29, 0.717) is 0 Å². The summed E-state index contributed by atoms with van der Waals surface area (Å²) in [5.74, 6) is -0.799. The van der Waals surface area contributed by atoms with E-state index in [4.69, 9.17) is 5.11 Å². The van der Waals surface area contributed by atoms with Gasteiger partial charge >= 0.3 is 5.97 Å². The van der Waals surface area contributed by atoms with Crippen molar-refractivity contribution in [2.24, 2.45) is 0 Å². The van der Waals surface area contributed by atoms with Crippen LogP contribution in [0.2, 0.25) is 0 Å². The highest BCUT2D eigenvalue weighted by molar-refractivity contribution is 5.85. The molecule has 0 aliphatic heterocycles.